The van der Waals surface area contributed by atoms with E-state index < -0.39 is 0 Å². The maximum absolute atomic E-state index is 9.91. The maximum Gasteiger partial charge on any atom is 0.161 e. The number of aliphatic hydroxyl groups is 1. The number of piperazine rings is 1. The van der Waals surface area contributed by atoms with Crippen LogP contribution in [0.1, 0.15) is 31.9 Å². The van der Waals surface area contributed by atoms with E-state index in [1.165, 1.54) is 0 Å². The third-order valence-corrected chi connectivity index (χ3v) is 4.16. The van der Waals surface area contributed by atoms with Crippen molar-refractivity contribution < 1.29 is 14.6 Å². The van der Waals surface area contributed by atoms with Gasteiger partial charge in [-0.05, 0) is 31.0 Å². The Morgan fingerprint density at radius 1 is 1.41 bits per heavy atom. The van der Waals surface area contributed by atoms with E-state index in [0.717, 1.165) is 43.1 Å². The highest BCUT2D eigenvalue weighted by Gasteiger charge is 2.27. The molecule has 0 spiro atoms. The molecule has 2 unspecified atom stereocenters. The molecule has 1 aliphatic rings. The number of nitrogens with one attached hydrogen (secondary N) is 1. The SMILES string of the molecule is CCCOc1cc(C(CO)N2CCNCC2C)ccc1OC. The molecule has 5 nitrogen and oxygen atoms in total. The average Bonchev–Trinajstić information content (AvgIpc) is 2.55. The first-order valence-corrected chi connectivity index (χ1v) is 8.09. The Hall–Kier alpha value is -1.30. The summed E-state index contributed by atoms with van der Waals surface area (Å²) in [4.78, 5) is 2.35. The van der Waals surface area contributed by atoms with Gasteiger partial charge in [0.25, 0.3) is 0 Å². The molecule has 22 heavy (non-hydrogen) atoms. The first-order chi connectivity index (χ1) is 10.7. The predicted octanol–water partition coefficient (Wildman–Crippen LogP) is 1.81. The molecule has 2 atom stereocenters. The molecule has 0 saturated carbocycles. The van der Waals surface area contributed by atoms with E-state index in [0.29, 0.717) is 12.6 Å². The predicted molar refractivity (Wildman–Crippen MR) is 87.6 cm³/mol. The molecule has 0 aromatic heterocycles. The van der Waals surface area contributed by atoms with E-state index in [4.69, 9.17) is 9.47 Å². The number of hydrogen-bond donors (Lipinski definition) is 2. The van der Waals surface area contributed by atoms with Gasteiger partial charge in [-0.15, -0.1) is 0 Å². The second-order valence-corrected chi connectivity index (χ2v) is 5.75. The number of methoxy groups -OCH3 is 1. The van der Waals surface area contributed by atoms with Crippen LogP contribution in [-0.2, 0) is 0 Å². The molecular weight excluding hydrogens is 280 g/mol. The number of ether oxygens (including phenoxy) is 2. The zero-order valence-electron chi connectivity index (χ0n) is 13.8. The molecule has 1 aromatic carbocycles. The van der Waals surface area contributed by atoms with Gasteiger partial charge < -0.3 is 19.9 Å². The van der Waals surface area contributed by atoms with E-state index >= 15 is 0 Å². The van der Waals surface area contributed by atoms with Crippen LogP contribution in [0, 0.1) is 0 Å². The molecule has 1 fully saturated rings. The molecule has 1 heterocycles. The van der Waals surface area contributed by atoms with E-state index in [2.05, 4.69) is 24.1 Å². The van der Waals surface area contributed by atoms with Gasteiger partial charge in [-0.2, -0.15) is 0 Å². The standard InChI is InChI=1S/C17H28N2O3/c1-4-9-22-17-10-14(5-6-16(17)21-3)15(12-20)19-8-7-18-11-13(19)2/h5-6,10,13,15,18,20H,4,7-9,11-12H2,1-3H3. The van der Waals surface area contributed by atoms with Crippen molar-refractivity contribution in [1.82, 2.24) is 10.2 Å². The van der Waals surface area contributed by atoms with Crippen molar-refractivity contribution in [3.63, 3.8) is 0 Å². The number of hydrogen-bond acceptors (Lipinski definition) is 5. The minimum Gasteiger partial charge on any atom is -0.493 e. The molecule has 0 radical (unpaired) electrons. The third kappa shape index (κ3) is 3.91. The van der Waals surface area contributed by atoms with E-state index in [1.54, 1.807) is 7.11 Å². The van der Waals surface area contributed by atoms with Crippen LogP contribution >= 0.6 is 0 Å². The third-order valence-electron chi connectivity index (χ3n) is 4.16. The molecule has 2 N–H and O–H groups in total. The van der Waals surface area contributed by atoms with Crippen molar-refractivity contribution in [2.24, 2.45) is 0 Å². The summed E-state index contributed by atoms with van der Waals surface area (Å²) in [5, 5.41) is 13.3. The van der Waals surface area contributed by atoms with Crippen LogP contribution in [0.25, 0.3) is 0 Å². The highest BCUT2D eigenvalue weighted by molar-refractivity contribution is 5.44. The first kappa shape index (κ1) is 17.1. The van der Waals surface area contributed by atoms with Crippen molar-refractivity contribution in [2.45, 2.75) is 32.4 Å². The molecular formula is C17H28N2O3. The fourth-order valence-corrected chi connectivity index (χ4v) is 2.95. The minimum atomic E-state index is -0.00742. The lowest BCUT2D eigenvalue weighted by Gasteiger charge is -2.39. The number of benzene rings is 1. The van der Waals surface area contributed by atoms with Gasteiger partial charge in [0.05, 0.1) is 26.4 Å². The van der Waals surface area contributed by atoms with Gasteiger partial charge in [-0.3, -0.25) is 4.90 Å². The fraction of sp³-hybridized carbons (Fsp3) is 0.647. The Labute approximate surface area is 133 Å². The first-order valence-electron chi connectivity index (χ1n) is 8.09. The fourth-order valence-electron chi connectivity index (χ4n) is 2.95. The largest absolute Gasteiger partial charge is 0.493 e. The van der Waals surface area contributed by atoms with E-state index in [9.17, 15) is 5.11 Å². The Morgan fingerprint density at radius 3 is 2.86 bits per heavy atom. The summed E-state index contributed by atoms with van der Waals surface area (Å²) in [5.74, 6) is 1.49. The van der Waals surface area contributed by atoms with Crippen LogP contribution in [0.5, 0.6) is 11.5 Å². The second-order valence-electron chi connectivity index (χ2n) is 5.75. The molecule has 1 aromatic rings. The second kappa shape index (κ2) is 8.36. The average molecular weight is 308 g/mol. The lowest BCUT2D eigenvalue weighted by Crippen LogP contribution is -2.51. The van der Waals surface area contributed by atoms with Crippen molar-refractivity contribution in [1.29, 1.82) is 0 Å². The topological polar surface area (TPSA) is 54.0 Å². The molecule has 5 heteroatoms. The van der Waals surface area contributed by atoms with Crippen molar-refractivity contribution in [3.8, 4) is 11.5 Å². The van der Waals surface area contributed by atoms with Crippen molar-refractivity contribution in [2.75, 3.05) is 40.0 Å². The van der Waals surface area contributed by atoms with Gasteiger partial charge in [0.1, 0.15) is 0 Å². The molecule has 1 saturated heterocycles. The summed E-state index contributed by atoms with van der Waals surface area (Å²) in [6.07, 6.45) is 0.950. The normalized spacial score (nSPS) is 20.6. The van der Waals surface area contributed by atoms with Gasteiger partial charge in [0, 0.05) is 25.7 Å². The Morgan fingerprint density at radius 2 is 2.23 bits per heavy atom. The quantitative estimate of drug-likeness (QED) is 0.804. The van der Waals surface area contributed by atoms with Crippen LogP contribution in [0.15, 0.2) is 18.2 Å². The van der Waals surface area contributed by atoms with Gasteiger partial charge >= 0.3 is 0 Å². The summed E-state index contributed by atoms with van der Waals surface area (Å²) in [6, 6.07) is 6.34. The van der Waals surface area contributed by atoms with Gasteiger partial charge in [-0.25, -0.2) is 0 Å². The van der Waals surface area contributed by atoms with E-state index in [-0.39, 0.29) is 12.6 Å². The summed E-state index contributed by atoms with van der Waals surface area (Å²) < 4.78 is 11.2. The minimum absolute atomic E-state index is 0.00742. The zero-order valence-corrected chi connectivity index (χ0v) is 13.8. The number of nitrogens with zero attached hydrogens (tertiary/aromatic N) is 1. The smallest absolute Gasteiger partial charge is 0.161 e. The molecule has 2 rings (SSSR count). The monoisotopic (exact) mass is 308 g/mol. The molecule has 0 amide bonds. The van der Waals surface area contributed by atoms with Crippen LogP contribution in [-0.4, -0.2) is 56.0 Å². The lowest BCUT2D eigenvalue weighted by molar-refractivity contribution is 0.0721. The van der Waals surface area contributed by atoms with Crippen molar-refractivity contribution in [3.05, 3.63) is 23.8 Å². The zero-order chi connectivity index (χ0) is 15.9. The van der Waals surface area contributed by atoms with Crippen LogP contribution in [0.2, 0.25) is 0 Å². The summed E-state index contributed by atoms with van der Waals surface area (Å²) in [7, 11) is 1.65. The molecule has 124 valence electrons. The molecule has 0 bridgehead atoms. The Balaban J connectivity index is 2.24. The Bertz CT molecular complexity index is 467. The molecule has 0 aliphatic carbocycles. The Kier molecular flexibility index (Phi) is 6.49. The molecule has 1 aliphatic heterocycles. The highest BCUT2D eigenvalue weighted by atomic mass is 16.5. The van der Waals surface area contributed by atoms with Gasteiger partial charge in [0.2, 0.25) is 0 Å². The highest BCUT2D eigenvalue weighted by Crippen LogP contribution is 2.33. The van der Waals surface area contributed by atoms with Crippen molar-refractivity contribution >= 4 is 0 Å². The summed E-state index contributed by atoms with van der Waals surface area (Å²) in [6.45, 7) is 7.87. The summed E-state index contributed by atoms with van der Waals surface area (Å²) in [5.41, 5.74) is 1.07. The lowest BCUT2D eigenvalue weighted by atomic mass is 10.0. The number of rotatable bonds is 7. The summed E-state index contributed by atoms with van der Waals surface area (Å²) >= 11 is 0. The van der Waals surface area contributed by atoms with Crippen LogP contribution in [0.3, 0.4) is 0 Å². The van der Waals surface area contributed by atoms with Gasteiger partial charge in [-0.1, -0.05) is 13.0 Å². The van der Waals surface area contributed by atoms with Gasteiger partial charge in [0.15, 0.2) is 11.5 Å². The van der Waals surface area contributed by atoms with Crippen LogP contribution in [0.4, 0.5) is 0 Å². The van der Waals surface area contributed by atoms with E-state index in [1.807, 2.05) is 18.2 Å². The van der Waals surface area contributed by atoms with Crippen LogP contribution < -0.4 is 14.8 Å². The maximum atomic E-state index is 9.91. The number of aliphatic hydroxyl groups excluding tert-OH is 1.